The molecule has 2 N–H and O–H groups in total. The molecule has 0 aliphatic carbocycles. The fraction of sp³-hybridized carbons (Fsp3) is 0.455. The SMILES string of the molecule is CCOC(=O)C1CC[NH+](CC(=O)N[C@@H](C)c2cccc3ccccc23)CC1. The van der Waals surface area contributed by atoms with Crippen LogP contribution in [0.25, 0.3) is 10.8 Å². The van der Waals surface area contributed by atoms with E-state index in [0.29, 0.717) is 13.2 Å². The quantitative estimate of drug-likeness (QED) is 0.765. The molecular formula is C22H29N2O3+. The Morgan fingerprint density at radius 3 is 2.59 bits per heavy atom. The summed E-state index contributed by atoms with van der Waals surface area (Å²) in [5.74, 6) is -0.0445. The molecule has 1 heterocycles. The molecule has 0 aromatic heterocycles. The smallest absolute Gasteiger partial charge is 0.309 e. The number of benzene rings is 2. The third-order valence-electron chi connectivity index (χ3n) is 5.39. The number of quaternary nitrogens is 1. The summed E-state index contributed by atoms with van der Waals surface area (Å²) in [6.45, 7) is 6.41. The van der Waals surface area contributed by atoms with Crippen LogP contribution in [0.4, 0.5) is 0 Å². The molecule has 1 saturated heterocycles. The van der Waals surface area contributed by atoms with Gasteiger partial charge in [0.2, 0.25) is 0 Å². The summed E-state index contributed by atoms with van der Waals surface area (Å²) < 4.78 is 5.11. The first-order chi connectivity index (χ1) is 13.1. The van der Waals surface area contributed by atoms with Crippen LogP contribution >= 0.6 is 0 Å². The van der Waals surface area contributed by atoms with Crippen LogP contribution in [-0.2, 0) is 14.3 Å². The van der Waals surface area contributed by atoms with E-state index in [1.807, 2.05) is 32.0 Å². The summed E-state index contributed by atoms with van der Waals surface area (Å²) in [5, 5.41) is 5.50. The van der Waals surface area contributed by atoms with Crippen LogP contribution in [0.15, 0.2) is 42.5 Å². The highest BCUT2D eigenvalue weighted by Crippen LogP contribution is 2.23. The molecular weight excluding hydrogens is 340 g/mol. The van der Waals surface area contributed by atoms with E-state index in [1.54, 1.807) is 0 Å². The predicted molar refractivity (Wildman–Crippen MR) is 105 cm³/mol. The van der Waals surface area contributed by atoms with Crippen molar-refractivity contribution in [2.45, 2.75) is 32.7 Å². The zero-order valence-electron chi connectivity index (χ0n) is 16.2. The zero-order valence-corrected chi connectivity index (χ0v) is 16.2. The van der Waals surface area contributed by atoms with E-state index in [4.69, 9.17) is 4.74 Å². The van der Waals surface area contributed by atoms with Gasteiger partial charge in [-0.05, 0) is 30.2 Å². The van der Waals surface area contributed by atoms with E-state index < -0.39 is 0 Å². The summed E-state index contributed by atoms with van der Waals surface area (Å²) in [5.41, 5.74) is 1.14. The second kappa shape index (κ2) is 9.00. The molecule has 0 spiro atoms. The number of rotatable bonds is 6. The summed E-state index contributed by atoms with van der Waals surface area (Å²) in [6.07, 6.45) is 1.58. The lowest BCUT2D eigenvalue weighted by Crippen LogP contribution is -3.14. The van der Waals surface area contributed by atoms with Crippen LogP contribution in [0, 0.1) is 5.92 Å². The average molecular weight is 369 g/mol. The Balaban J connectivity index is 1.53. The Morgan fingerprint density at radius 1 is 1.15 bits per heavy atom. The maximum absolute atomic E-state index is 12.5. The second-order valence-corrected chi connectivity index (χ2v) is 7.31. The van der Waals surface area contributed by atoms with E-state index >= 15 is 0 Å². The minimum atomic E-state index is -0.0921. The number of likely N-dealkylation sites (tertiary alicyclic amines) is 1. The molecule has 144 valence electrons. The van der Waals surface area contributed by atoms with Gasteiger partial charge in [-0.1, -0.05) is 42.5 Å². The van der Waals surface area contributed by atoms with Crippen LogP contribution in [0.2, 0.25) is 0 Å². The first-order valence-corrected chi connectivity index (χ1v) is 9.85. The summed E-state index contributed by atoms with van der Waals surface area (Å²) in [7, 11) is 0. The van der Waals surface area contributed by atoms with E-state index in [9.17, 15) is 9.59 Å². The number of carbonyl (C=O) groups excluding carboxylic acids is 2. The Hall–Kier alpha value is -2.40. The minimum absolute atomic E-state index is 0.00799. The number of amides is 1. The van der Waals surface area contributed by atoms with Crippen molar-refractivity contribution < 1.29 is 19.2 Å². The first kappa shape index (κ1) is 19.4. The lowest BCUT2D eigenvalue weighted by Gasteiger charge is -2.28. The van der Waals surface area contributed by atoms with E-state index in [2.05, 4.69) is 29.6 Å². The maximum atomic E-state index is 12.5. The molecule has 0 saturated carbocycles. The third-order valence-corrected chi connectivity index (χ3v) is 5.39. The first-order valence-electron chi connectivity index (χ1n) is 9.85. The molecule has 1 aliphatic heterocycles. The van der Waals surface area contributed by atoms with Gasteiger partial charge in [-0.2, -0.15) is 0 Å². The lowest BCUT2D eigenvalue weighted by molar-refractivity contribution is -0.897. The molecule has 0 bridgehead atoms. The Bertz CT molecular complexity index is 792. The Kier molecular flexibility index (Phi) is 6.45. The number of ether oxygens (including phenoxy) is 1. The number of nitrogens with one attached hydrogen (secondary N) is 2. The Morgan fingerprint density at radius 2 is 1.85 bits per heavy atom. The number of hydrogen-bond acceptors (Lipinski definition) is 3. The minimum Gasteiger partial charge on any atom is -0.466 e. The zero-order chi connectivity index (χ0) is 19.2. The maximum Gasteiger partial charge on any atom is 0.309 e. The van der Waals surface area contributed by atoms with Gasteiger partial charge in [-0.25, -0.2) is 0 Å². The molecule has 3 rings (SSSR count). The van der Waals surface area contributed by atoms with Crippen molar-refractivity contribution in [3.8, 4) is 0 Å². The molecule has 1 atom stereocenters. The van der Waals surface area contributed by atoms with Crippen molar-refractivity contribution >= 4 is 22.6 Å². The van der Waals surface area contributed by atoms with Crippen molar-refractivity contribution in [2.24, 2.45) is 5.92 Å². The van der Waals surface area contributed by atoms with Crippen LogP contribution in [0.5, 0.6) is 0 Å². The van der Waals surface area contributed by atoms with Crippen LogP contribution in [0.3, 0.4) is 0 Å². The number of piperidine rings is 1. The molecule has 0 unspecified atom stereocenters. The number of carbonyl (C=O) groups is 2. The van der Waals surface area contributed by atoms with Crippen molar-refractivity contribution in [3.05, 3.63) is 48.0 Å². The van der Waals surface area contributed by atoms with Crippen molar-refractivity contribution in [1.82, 2.24) is 5.32 Å². The fourth-order valence-corrected chi connectivity index (χ4v) is 3.92. The second-order valence-electron chi connectivity index (χ2n) is 7.31. The summed E-state index contributed by atoms with van der Waals surface area (Å²) in [4.78, 5) is 25.6. The van der Waals surface area contributed by atoms with Gasteiger partial charge in [0.25, 0.3) is 5.91 Å². The molecule has 5 nitrogen and oxygen atoms in total. The van der Waals surface area contributed by atoms with Crippen molar-refractivity contribution in [1.29, 1.82) is 0 Å². The number of hydrogen-bond donors (Lipinski definition) is 2. The number of fused-ring (bicyclic) bond motifs is 1. The van der Waals surface area contributed by atoms with Crippen LogP contribution in [-0.4, -0.2) is 38.1 Å². The van der Waals surface area contributed by atoms with Gasteiger partial charge in [0, 0.05) is 12.8 Å². The molecule has 1 fully saturated rings. The highest BCUT2D eigenvalue weighted by atomic mass is 16.5. The summed E-state index contributed by atoms with van der Waals surface area (Å²) >= 11 is 0. The largest absolute Gasteiger partial charge is 0.466 e. The van der Waals surface area contributed by atoms with Gasteiger partial charge in [0.05, 0.1) is 31.7 Å². The van der Waals surface area contributed by atoms with Crippen molar-refractivity contribution in [3.63, 3.8) is 0 Å². The average Bonchev–Trinajstić information content (AvgIpc) is 2.68. The van der Waals surface area contributed by atoms with Gasteiger partial charge < -0.3 is 15.0 Å². The van der Waals surface area contributed by atoms with Gasteiger partial charge in [-0.3, -0.25) is 9.59 Å². The highest BCUT2D eigenvalue weighted by Gasteiger charge is 2.29. The topological polar surface area (TPSA) is 59.8 Å². The third kappa shape index (κ3) is 4.86. The molecule has 1 aliphatic rings. The normalized spacial score (nSPS) is 20.8. The standard InChI is InChI=1S/C22H28N2O3/c1-3-27-22(26)18-11-13-24(14-12-18)15-21(25)23-16(2)19-10-6-8-17-7-4-5-9-20(17)19/h4-10,16,18H,3,11-15H2,1-2H3,(H,23,25)/p+1/t16-/m0/s1. The summed E-state index contributed by atoms with van der Waals surface area (Å²) in [6, 6.07) is 14.4. The molecule has 1 amide bonds. The molecule has 2 aromatic carbocycles. The predicted octanol–water partition coefficient (Wildman–Crippen LogP) is 1.88. The van der Waals surface area contributed by atoms with Gasteiger partial charge >= 0.3 is 5.97 Å². The number of esters is 1. The fourth-order valence-electron chi connectivity index (χ4n) is 3.92. The lowest BCUT2D eigenvalue weighted by atomic mass is 9.97. The van der Waals surface area contributed by atoms with Crippen molar-refractivity contribution in [2.75, 3.05) is 26.2 Å². The van der Waals surface area contributed by atoms with E-state index in [0.717, 1.165) is 31.5 Å². The van der Waals surface area contributed by atoms with Crippen LogP contribution in [0.1, 0.15) is 38.3 Å². The molecule has 5 heteroatoms. The van der Waals surface area contributed by atoms with Crippen LogP contribution < -0.4 is 10.2 Å². The van der Waals surface area contributed by atoms with Gasteiger partial charge in [-0.15, -0.1) is 0 Å². The molecule has 0 radical (unpaired) electrons. The highest BCUT2D eigenvalue weighted by molar-refractivity contribution is 5.87. The van der Waals surface area contributed by atoms with E-state index in [-0.39, 0.29) is 23.8 Å². The molecule has 2 aromatic rings. The molecule has 27 heavy (non-hydrogen) atoms. The Labute approximate surface area is 160 Å². The van der Waals surface area contributed by atoms with E-state index in [1.165, 1.54) is 15.7 Å². The monoisotopic (exact) mass is 369 g/mol. The van der Waals surface area contributed by atoms with Gasteiger partial charge in [0.15, 0.2) is 6.54 Å². The van der Waals surface area contributed by atoms with Gasteiger partial charge in [0.1, 0.15) is 0 Å².